The number of carbonyl (C=O) groups is 1. The van der Waals surface area contributed by atoms with Crippen LogP contribution in [0.15, 0.2) is 43.0 Å². The Morgan fingerprint density at radius 1 is 1.25 bits per heavy atom. The lowest BCUT2D eigenvalue weighted by atomic mass is 10.0. The van der Waals surface area contributed by atoms with Gasteiger partial charge in [0.1, 0.15) is 6.54 Å². The Labute approximate surface area is 225 Å². The van der Waals surface area contributed by atoms with E-state index >= 15 is 0 Å². The molecular formula is C26H27F5N8O. The molecule has 1 unspecified atom stereocenters. The second-order valence-corrected chi connectivity index (χ2v) is 9.48. The molecule has 1 aliphatic rings. The molecule has 5 rings (SSSR count). The monoisotopic (exact) mass is 562 g/mol. The molecule has 40 heavy (non-hydrogen) atoms. The van der Waals surface area contributed by atoms with E-state index in [2.05, 4.69) is 31.0 Å². The topological polar surface area (TPSA) is 101 Å². The number of halogens is 5. The number of carbonyl (C=O) groups excluding carboxylic acids is 1. The average Bonchev–Trinajstić information content (AvgIpc) is 3.53. The zero-order valence-electron chi connectivity index (χ0n) is 21.5. The third-order valence-electron chi connectivity index (χ3n) is 6.68. The predicted octanol–water partition coefficient (Wildman–Crippen LogP) is 4.66. The van der Waals surface area contributed by atoms with Gasteiger partial charge in [-0.25, -0.2) is 18.7 Å². The molecule has 14 heteroatoms. The van der Waals surface area contributed by atoms with Gasteiger partial charge in [0.15, 0.2) is 17.2 Å². The molecule has 1 aromatic carbocycles. The maximum absolute atomic E-state index is 13.7. The maximum Gasteiger partial charge on any atom is 0.435 e. The summed E-state index contributed by atoms with van der Waals surface area (Å²) < 4.78 is 68.7. The van der Waals surface area contributed by atoms with E-state index in [9.17, 15) is 26.7 Å². The van der Waals surface area contributed by atoms with Crippen LogP contribution in [-0.2, 0) is 19.1 Å². The minimum absolute atomic E-state index is 0.0201. The summed E-state index contributed by atoms with van der Waals surface area (Å²) in [5.74, 6) is 0.109. The second kappa shape index (κ2) is 11.2. The Bertz CT molecular complexity index is 1510. The van der Waals surface area contributed by atoms with Crippen molar-refractivity contribution in [3.8, 4) is 11.3 Å². The summed E-state index contributed by atoms with van der Waals surface area (Å²) in [4.78, 5) is 21.5. The number of aryl methyl sites for hydroxylation is 1. The zero-order valence-corrected chi connectivity index (χ0v) is 21.5. The molecule has 3 N–H and O–H groups in total. The van der Waals surface area contributed by atoms with Crippen LogP contribution in [0.5, 0.6) is 0 Å². The van der Waals surface area contributed by atoms with Crippen LogP contribution in [0.1, 0.15) is 41.4 Å². The molecule has 1 saturated heterocycles. The molecule has 1 atom stereocenters. The number of anilines is 2. The predicted molar refractivity (Wildman–Crippen MR) is 138 cm³/mol. The number of amides is 1. The number of hydrogen-bond donors (Lipinski definition) is 3. The summed E-state index contributed by atoms with van der Waals surface area (Å²) >= 11 is 0. The third kappa shape index (κ3) is 5.76. The van der Waals surface area contributed by atoms with Crippen molar-refractivity contribution in [3.05, 3.63) is 59.8 Å². The number of benzene rings is 1. The minimum atomic E-state index is -4.86. The van der Waals surface area contributed by atoms with E-state index in [0.29, 0.717) is 22.4 Å². The average molecular weight is 563 g/mol. The third-order valence-corrected chi connectivity index (χ3v) is 6.68. The number of piperidine rings is 1. The molecular weight excluding hydrogens is 535 g/mol. The fourth-order valence-corrected chi connectivity index (χ4v) is 4.82. The molecule has 0 bridgehead atoms. The van der Waals surface area contributed by atoms with Gasteiger partial charge in [0.2, 0.25) is 0 Å². The highest BCUT2D eigenvalue weighted by atomic mass is 19.4. The quantitative estimate of drug-likeness (QED) is 0.270. The van der Waals surface area contributed by atoms with Crippen molar-refractivity contribution in [2.24, 2.45) is 0 Å². The fourth-order valence-electron chi connectivity index (χ4n) is 4.82. The van der Waals surface area contributed by atoms with E-state index in [4.69, 9.17) is 0 Å². The van der Waals surface area contributed by atoms with Crippen LogP contribution in [0, 0.1) is 0 Å². The normalized spacial score (nSPS) is 16.0. The molecule has 4 heterocycles. The van der Waals surface area contributed by atoms with Crippen molar-refractivity contribution in [3.63, 3.8) is 0 Å². The van der Waals surface area contributed by atoms with E-state index in [0.717, 1.165) is 37.7 Å². The van der Waals surface area contributed by atoms with Crippen molar-refractivity contribution in [1.29, 1.82) is 0 Å². The number of nitrogens with zero attached hydrogens (tertiary/aromatic N) is 5. The van der Waals surface area contributed by atoms with Gasteiger partial charge < -0.3 is 16.0 Å². The Balaban J connectivity index is 1.43. The number of alkyl halides is 5. The van der Waals surface area contributed by atoms with E-state index in [1.165, 1.54) is 23.0 Å². The molecule has 212 valence electrons. The van der Waals surface area contributed by atoms with Crippen LogP contribution in [0.3, 0.4) is 0 Å². The Hall–Kier alpha value is -4.07. The summed E-state index contributed by atoms with van der Waals surface area (Å²) in [5, 5.41) is 12.8. The fraction of sp³-hybridized carbons (Fsp3) is 0.385. The maximum atomic E-state index is 13.7. The van der Waals surface area contributed by atoms with E-state index in [1.807, 2.05) is 13.0 Å². The van der Waals surface area contributed by atoms with Crippen LogP contribution in [0.25, 0.3) is 16.9 Å². The molecule has 0 spiro atoms. The van der Waals surface area contributed by atoms with Crippen molar-refractivity contribution in [1.82, 2.24) is 34.8 Å². The van der Waals surface area contributed by atoms with Crippen LogP contribution in [-0.4, -0.2) is 55.6 Å². The summed E-state index contributed by atoms with van der Waals surface area (Å²) in [5.41, 5.74) is 0.556. The molecule has 0 saturated carbocycles. The number of rotatable bonds is 8. The van der Waals surface area contributed by atoms with E-state index in [1.54, 1.807) is 12.1 Å². The van der Waals surface area contributed by atoms with E-state index < -0.39 is 24.8 Å². The van der Waals surface area contributed by atoms with Gasteiger partial charge in [0.05, 0.1) is 17.5 Å². The lowest BCUT2D eigenvalue weighted by molar-refractivity contribution is -0.141. The van der Waals surface area contributed by atoms with Crippen LogP contribution in [0.4, 0.5) is 33.5 Å². The summed E-state index contributed by atoms with van der Waals surface area (Å²) in [6.07, 6.45) is -0.258. The Kier molecular flexibility index (Phi) is 7.70. The lowest BCUT2D eigenvalue weighted by Crippen LogP contribution is -2.45. The van der Waals surface area contributed by atoms with Gasteiger partial charge in [-0.1, -0.05) is 6.92 Å². The number of nitrogens with one attached hydrogen (secondary N) is 3. The van der Waals surface area contributed by atoms with Crippen LogP contribution < -0.4 is 16.0 Å². The molecule has 4 aromatic rings. The SMILES string of the molecule is CCc1cc(Nc2nccn3c(-c4cn(CC(F)F)nc4C(F)(F)F)cnc23)ccc1C(=O)NC1CCCNC1. The molecule has 3 aromatic heterocycles. The van der Waals surface area contributed by atoms with Gasteiger partial charge in [0, 0.05) is 42.4 Å². The number of aromatic nitrogens is 5. The highest BCUT2D eigenvalue weighted by molar-refractivity contribution is 5.96. The summed E-state index contributed by atoms with van der Waals surface area (Å²) in [6, 6.07) is 5.33. The molecule has 0 radical (unpaired) electrons. The molecule has 1 aliphatic heterocycles. The Morgan fingerprint density at radius 3 is 2.77 bits per heavy atom. The Morgan fingerprint density at radius 2 is 2.08 bits per heavy atom. The first kappa shape index (κ1) is 27.5. The summed E-state index contributed by atoms with van der Waals surface area (Å²) in [6.45, 7) is 2.63. The lowest BCUT2D eigenvalue weighted by Gasteiger charge is -2.24. The van der Waals surface area contributed by atoms with Crippen molar-refractivity contribution in [2.75, 3.05) is 18.4 Å². The number of fused-ring (bicyclic) bond motifs is 1. The number of imidazole rings is 1. The largest absolute Gasteiger partial charge is 0.435 e. The van der Waals surface area contributed by atoms with Gasteiger partial charge in [-0.05, 0) is 49.6 Å². The first-order valence-electron chi connectivity index (χ1n) is 12.8. The molecule has 0 aliphatic carbocycles. The van der Waals surface area contributed by atoms with Gasteiger partial charge >= 0.3 is 6.18 Å². The van der Waals surface area contributed by atoms with Crippen LogP contribution in [0.2, 0.25) is 0 Å². The highest BCUT2D eigenvalue weighted by Crippen LogP contribution is 2.37. The first-order valence-corrected chi connectivity index (χ1v) is 12.8. The molecule has 9 nitrogen and oxygen atoms in total. The van der Waals surface area contributed by atoms with Gasteiger partial charge in [-0.3, -0.25) is 13.9 Å². The van der Waals surface area contributed by atoms with Crippen molar-refractivity contribution in [2.45, 2.75) is 51.4 Å². The highest BCUT2D eigenvalue weighted by Gasteiger charge is 2.38. The smallest absolute Gasteiger partial charge is 0.348 e. The molecule has 1 amide bonds. The minimum Gasteiger partial charge on any atom is -0.348 e. The van der Waals surface area contributed by atoms with Gasteiger partial charge in [-0.2, -0.15) is 18.3 Å². The second-order valence-electron chi connectivity index (χ2n) is 9.48. The standard InChI is InChI=1S/C26H27F5N8O/c1-2-15-10-16(5-6-18(15)25(40)36-17-4-3-7-32-11-17)35-23-24-34-12-20(39(24)9-8-33-23)19-13-38(14-21(27)28)37-22(19)26(29,30)31/h5-6,8-10,12-13,17,21,32H,2-4,7,11,14H2,1H3,(H,33,35)(H,36,40). The van der Waals surface area contributed by atoms with Crippen LogP contribution >= 0.6 is 0 Å². The van der Waals surface area contributed by atoms with E-state index in [-0.39, 0.29) is 34.7 Å². The zero-order chi connectivity index (χ0) is 28.4. The van der Waals surface area contributed by atoms with Gasteiger partial charge in [0.25, 0.3) is 12.3 Å². The first-order chi connectivity index (χ1) is 19.1. The summed E-state index contributed by atoms with van der Waals surface area (Å²) in [7, 11) is 0. The van der Waals surface area contributed by atoms with Crippen molar-refractivity contribution >= 4 is 23.1 Å². The van der Waals surface area contributed by atoms with Gasteiger partial charge in [-0.15, -0.1) is 0 Å². The van der Waals surface area contributed by atoms with Crippen molar-refractivity contribution < 1.29 is 26.7 Å². The molecule has 1 fully saturated rings. The number of hydrogen-bond acceptors (Lipinski definition) is 6.